The highest BCUT2D eigenvalue weighted by atomic mass is 35.5. The van der Waals surface area contributed by atoms with Crippen LogP contribution in [0.3, 0.4) is 0 Å². The maximum Gasteiger partial charge on any atom is 0.251 e. The van der Waals surface area contributed by atoms with Crippen molar-refractivity contribution in [1.82, 2.24) is 10.3 Å². The van der Waals surface area contributed by atoms with Crippen LogP contribution in [0.4, 0.5) is 5.13 Å². The third kappa shape index (κ3) is 4.55. The standard InChI is InChI=1S/C17H20ClN3O2S/c1-9(2)14(16(23)21-17-19-10(3)11(4)24-17)20-15(22)12-5-7-13(18)8-6-12/h5-9,14H,1-4H3,(H,20,22)(H,19,21,23). The van der Waals surface area contributed by atoms with Crippen molar-refractivity contribution in [2.45, 2.75) is 33.7 Å². The molecule has 0 saturated heterocycles. The number of halogens is 1. The summed E-state index contributed by atoms with van der Waals surface area (Å²) in [7, 11) is 0. The lowest BCUT2D eigenvalue weighted by atomic mass is 10.0. The molecule has 0 aliphatic rings. The lowest BCUT2D eigenvalue weighted by Gasteiger charge is -2.21. The van der Waals surface area contributed by atoms with Crippen LogP contribution in [0.5, 0.6) is 0 Å². The van der Waals surface area contributed by atoms with E-state index in [4.69, 9.17) is 11.6 Å². The average Bonchev–Trinajstić information content (AvgIpc) is 2.82. The molecule has 0 bridgehead atoms. The van der Waals surface area contributed by atoms with Crippen molar-refractivity contribution in [2.75, 3.05) is 5.32 Å². The molecule has 2 N–H and O–H groups in total. The molecule has 7 heteroatoms. The zero-order valence-corrected chi connectivity index (χ0v) is 15.6. The van der Waals surface area contributed by atoms with Gasteiger partial charge in [0.25, 0.3) is 5.91 Å². The predicted octanol–water partition coefficient (Wildman–Crippen LogP) is 3.81. The summed E-state index contributed by atoms with van der Waals surface area (Å²) in [5.74, 6) is -0.656. The van der Waals surface area contributed by atoms with E-state index in [1.807, 2.05) is 27.7 Å². The molecule has 2 rings (SSSR count). The first-order valence-electron chi connectivity index (χ1n) is 7.59. The fourth-order valence-electron chi connectivity index (χ4n) is 2.07. The quantitative estimate of drug-likeness (QED) is 0.846. The van der Waals surface area contributed by atoms with E-state index in [0.29, 0.717) is 15.7 Å². The van der Waals surface area contributed by atoms with E-state index in [2.05, 4.69) is 15.6 Å². The van der Waals surface area contributed by atoms with Crippen molar-refractivity contribution < 1.29 is 9.59 Å². The van der Waals surface area contributed by atoms with Gasteiger partial charge in [-0.05, 0) is 44.0 Å². The molecular weight excluding hydrogens is 346 g/mol. The molecule has 2 aromatic rings. The van der Waals surface area contributed by atoms with E-state index in [1.165, 1.54) is 11.3 Å². The van der Waals surface area contributed by atoms with Gasteiger partial charge >= 0.3 is 0 Å². The number of carbonyl (C=O) groups is 2. The van der Waals surface area contributed by atoms with Crippen LogP contribution in [0.15, 0.2) is 24.3 Å². The molecule has 1 unspecified atom stereocenters. The number of nitrogens with zero attached hydrogens (tertiary/aromatic N) is 1. The molecular formula is C17H20ClN3O2S. The first-order chi connectivity index (χ1) is 11.3. The van der Waals surface area contributed by atoms with Crippen molar-refractivity contribution in [3.8, 4) is 0 Å². The largest absolute Gasteiger partial charge is 0.340 e. The molecule has 128 valence electrons. The molecule has 1 aromatic heterocycles. The van der Waals surface area contributed by atoms with Gasteiger partial charge in [-0.2, -0.15) is 0 Å². The second-order valence-corrected chi connectivity index (χ2v) is 7.49. The van der Waals surface area contributed by atoms with Gasteiger partial charge in [0.1, 0.15) is 6.04 Å². The Morgan fingerprint density at radius 1 is 1.17 bits per heavy atom. The van der Waals surface area contributed by atoms with E-state index in [9.17, 15) is 9.59 Å². The Kier molecular flexibility index (Phi) is 5.96. The van der Waals surface area contributed by atoms with Gasteiger partial charge in [0.15, 0.2) is 5.13 Å². The summed E-state index contributed by atoms with van der Waals surface area (Å²) in [6.45, 7) is 7.60. The summed E-state index contributed by atoms with van der Waals surface area (Å²) in [5, 5.41) is 6.66. The van der Waals surface area contributed by atoms with Crippen LogP contribution in [0, 0.1) is 19.8 Å². The van der Waals surface area contributed by atoms with Crippen molar-refractivity contribution in [2.24, 2.45) is 5.92 Å². The summed E-state index contributed by atoms with van der Waals surface area (Å²) in [6.07, 6.45) is 0. The summed E-state index contributed by atoms with van der Waals surface area (Å²) in [5.41, 5.74) is 1.35. The number of aromatic nitrogens is 1. The number of hydrogen-bond donors (Lipinski definition) is 2. The molecule has 0 fully saturated rings. The highest BCUT2D eigenvalue weighted by Crippen LogP contribution is 2.21. The van der Waals surface area contributed by atoms with E-state index in [1.54, 1.807) is 24.3 Å². The Labute approximate surface area is 150 Å². The molecule has 1 atom stereocenters. The van der Waals surface area contributed by atoms with Gasteiger partial charge < -0.3 is 10.6 Å². The number of benzene rings is 1. The summed E-state index contributed by atoms with van der Waals surface area (Å²) in [6, 6.07) is 5.88. The van der Waals surface area contributed by atoms with Crippen LogP contribution in [-0.4, -0.2) is 22.8 Å². The van der Waals surface area contributed by atoms with Crippen molar-refractivity contribution >= 4 is 39.9 Å². The van der Waals surface area contributed by atoms with Crippen molar-refractivity contribution in [3.05, 3.63) is 45.4 Å². The lowest BCUT2D eigenvalue weighted by Crippen LogP contribution is -2.47. The second-order valence-electron chi connectivity index (χ2n) is 5.85. The van der Waals surface area contributed by atoms with Crippen LogP contribution in [0.2, 0.25) is 5.02 Å². The number of anilines is 1. The monoisotopic (exact) mass is 365 g/mol. The summed E-state index contributed by atoms with van der Waals surface area (Å²) in [4.78, 5) is 30.2. The highest BCUT2D eigenvalue weighted by Gasteiger charge is 2.25. The van der Waals surface area contributed by atoms with Crippen molar-refractivity contribution in [1.29, 1.82) is 0 Å². The van der Waals surface area contributed by atoms with E-state index >= 15 is 0 Å². The maximum atomic E-state index is 12.5. The number of aryl methyl sites for hydroxylation is 2. The number of rotatable bonds is 5. The average molecular weight is 366 g/mol. The van der Waals surface area contributed by atoms with Crippen LogP contribution in [-0.2, 0) is 4.79 Å². The van der Waals surface area contributed by atoms with Gasteiger partial charge in [0.2, 0.25) is 5.91 Å². The Balaban J connectivity index is 2.09. The molecule has 0 aliphatic heterocycles. The van der Waals surface area contributed by atoms with Gasteiger partial charge in [0.05, 0.1) is 5.69 Å². The van der Waals surface area contributed by atoms with E-state index < -0.39 is 6.04 Å². The van der Waals surface area contributed by atoms with Crippen LogP contribution >= 0.6 is 22.9 Å². The fraction of sp³-hybridized carbons (Fsp3) is 0.353. The predicted molar refractivity (Wildman–Crippen MR) is 97.8 cm³/mol. The number of thiazole rings is 1. The molecule has 0 aliphatic carbocycles. The van der Waals surface area contributed by atoms with Gasteiger partial charge in [-0.25, -0.2) is 4.98 Å². The Morgan fingerprint density at radius 2 is 1.79 bits per heavy atom. The van der Waals surface area contributed by atoms with Crippen LogP contribution in [0.1, 0.15) is 34.8 Å². The molecule has 24 heavy (non-hydrogen) atoms. The van der Waals surface area contributed by atoms with Gasteiger partial charge in [-0.1, -0.05) is 25.4 Å². The molecule has 2 amide bonds. The summed E-state index contributed by atoms with van der Waals surface area (Å²) < 4.78 is 0. The minimum absolute atomic E-state index is 0.0663. The van der Waals surface area contributed by atoms with Gasteiger partial charge in [0, 0.05) is 15.5 Å². The third-order valence-corrected chi connectivity index (χ3v) is 4.84. The minimum atomic E-state index is -0.655. The van der Waals surface area contributed by atoms with E-state index in [0.717, 1.165) is 10.6 Å². The topological polar surface area (TPSA) is 71.1 Å². The van der Waals surface area contributed by atoms with Crippen molar-refractivity contribution in [3.63, 3.8) is 0 Å². The Hall–Kier alpha value is -1.92. The molecule has 0 radical (unpaired) electrons. The maximum absolute atomic E-state index is 12.5. The molecule has 0 saturated carbocycles. The number of hydrogen-bond acceptors (Lipinski definition) is 4. The smallest absolute Gasteiger partial charge is 0.251 e. The third-order valence-electron chi connectivity index (χ3n) is 3.60. The van der Waals surface area contributed by atoms with Gasteiger partial charge in [-0.15, -0.1) is 11.3 Å². The van der Waals surface area contributed by atoms with Gasteiger partial charge in [-0.3, -0.25) is 9.59 Å². The fourth-order valence-corrected chi connectivity index (χ4v) is 3.01. The number of nitrogens with one attached hydrogen (secondary N) is 2. The number of carbonyl (C=O) groups excluding carboxylic acids is 2. The molecule has 1 heterocycles. The zero-order valence-electron chi connectivity index (χ0n) is 14.0. The normalized spacial score (nSPS) is 12.1. The Morgan fingerprint density at radius 3 is 2.29 bits per heavy atom. The zero-order chi connectivity index (χ0) is 17.9. The lowest BCUT2D eigenvalue weighted by molar-refractivity contribution is -0.118. The van der Waals surface area contributed by atoms with E-state index in [-0.39, 0.29) is 17.7 Å². The molecule has 0 spiro atoms. The first kappa shape index (κ1) is 18.4. The second kappa shape index (κ2) is 7.77. The Bertz CT molecular complexity index is 721. The first-order valence-corrected chi connectivity index (χ1v) is 8.78. The van der Waals surface area contributed by atoms with Crippen LogP contribution in [0.25, 0.3) is 0 Å². The molecule has 5 nitrogen and oxygen atoms in total. The number of amides is 2. The highest BCUT2D eigenvalue weighted by molar-refractivity contribution is 7.15. The summed E-state index contributed by atoms with van der Waals surface area (Å²) >= 11 is 7.24. The molecule has 1 aromatic carbocycles. The minimum Gasteiger partial charge on any atom is -0.340 e. The van der Waals surface area contributed by atoms with Crippen LogP contribution < -0.4 is 10.6 Å². The SMILES string of the molecule is Cc1nc(NC(=O)C(NC(=O)c2ccc(Cl)cc2)C(C)C)sc1C.